The van der Waals surface area contributed by atoms with Crippen LogP contribution in [0.25, 0.3) is 10.9 Å². The molecule has 2 N–H and O–H groups in total. The standard InChI is InChI=1S/C16H11FN2O2/c17-11-5-7-12(8-6-11)18-16(21)13-9-4-10-2-1-3-14(20)15(10)19-13/h1-9,20H,(H,18,21). The molecule has 0 saturated heterocycles. The van der Waals surface area contributed by atoms with E-state index >= 15 is 0 Å². The third-order valence-electron chi connectivity index (χ3n) is 3.03. The van der Waals surface area contributed by atoms with Crippen LogP contribution in [0.5, 0.6) is 5.75 Å². The molecule has 0 unspecified atom stereocenters. The average molecular weight is 282 g/mol. The maximum Gasteiger partial charge on any atom is 0.274 e. The van der Waals surface area contributed by atoms with Gasteiger partial charge in [-0.2, -0.15) is 0 Å². The molecule has 2 aromatic carbocycles. The van der Waals surface area contributed by atoms with Gasteiger partial charge in [0.05, 0.1) is 0 Å². The number of halogens is 1. The number of aromatic nitrogens is 1. The number of hydrogen-bond donors (Lipinski definition) is 2. The lowest BCUT2D eigenvalue weighted by atomic mass is 10.2. The smallest absolute Gasteiger partial charge is 0.274 e. The van der Waals surface area contributed by atoms with E-state index < -0.39 is 5.91 Å². The fourth-order valence-corrected chi connectivity index (χ4v) is 1.99. The minimum atomic E-state index is -0.424. The highest BCUT2D eigenvalue weighted by Gasteiger charge is 2.10. The number of anilines is 1. The third-order valence-corrected chi connectivity index (χ3v) is 3.03. The van der Waals surface area contributed by atoms with Crippen molar-refractivity contribution in [3.05, 3.63) is 66.1 Å². The van der Waals surface area contributed by atoms with Crippen molar-refractivity contribution in [1.82, 2.24) is 4.98 Å². The van der Waals surface area contributed by atoms with E-state index in [-0.39, 0.29) is 17.3 Å². The Hall–Kier alpha value is -2.95. The molecule has 1 aromatic heterocycles. The van der Waals surface area contributed by atoms with Crippen LogP contribution in [0.1, 0.15) is 10.5 Å². The lowest BCUT2D eigenvalue weighted by Crippen LogP contribution is -2.13. The van der Waals surface area contributed by atoms with E-state index in [0.29, 0.717) is 11.2 Å². The summed E-state index contributed by atoms with van der Waals surface area (Å²) in [4.78, 5) is 16.3. The Kier molecular flexibility index (Phi) is 3.23. The quantitative estimate of drug-likeness (QED) is 0.757. The molecule has 4 nitrogen and oxygen atoms in total. The van der Waals surface area contributed by atoms with Gasteiger partial charge in [0.15, 0.2) is 0 Å². The molecule has 0 spiro atoms. The number of phenolic OH excluding ortho intramolecular Hbond substituents is 1. The Bertz CT molecular complexity index is 816. The van der Waals surface area contributed by atoms with Crippen LogP contribution in [-0.4, -0.2) is 16.0 Å². The van der Waals surface area contributed by atoms with Crippen molar-refractivity contribution < 1.29 is 14.3 Å². The van der Waals surface area contributed by atoms with Gasteiger partial charge in [-0.15, -0.1) is 0 Å². The van der Waals surface area contributed by atoms with Crippen molar-refractivity contribution in [2.24, 2.45) is 0 Å². The number of carbonyl (C=O) groups is 1. The molecule has 0 aliphatic carbocycles. The summed E-state index contributed by atoms with van der Waals surface area (Å²) >= 11 is 0. The number of aromatic hydroxyl groups is 1. The molecular weight excluding hydrogens is 271 g/mol. The second-order valence-corrected chi connectivity index (χ2v) is 4.51. The topological polar surface area (TPSA) is 62.2 Å². The van der Waals surface area contributed by atoms with Crippen LogP contribution in [0.3, 0.4) is 0 Å². The first-order valence-electron chi connectivity index (χ1n) is 6.29. The number of benzene rings is 2. The summed E-state index contributed by atoms with van der Waals surface area (Å²) in [6.45, 7) is 0. The highest BCUT2D eigenvalue weighted by Crippen LogP contribution is 2.22. The monoisotopic (exact) mass is 282 g/mol. The molecule has 104 valence electrons. The molecule has 3 rings (SSSR count). The lowest BCUT2D eigenvalue weighted by Gasteiger charge is -2.06. The summed E-state index contributed by atoms with van der Waals surface area (Å²) in [5.74, 6) is -0.780. The summed E-state index contributed by atoms with van der Waals surface area (Å²) in [5.41, 5.74) is 1.01. The van der Waals surface area contributed by atoms with Gasteiger partial charge in [0.25, 0.3) is 5.91 Å². The molecule has 0 fully saturated rings. The Labute approximate surface area is 119 Å². The van der Waals surface area contributed by atoms with Gasteiger partial charge >= 0.3 is 0 Å². The molecule has 0 bridgehead atoms. The summed E-state index contributed by atoms with van der Waals surface area (Å²) in [6, 6.07) is 13.7. The highest BCUT2D eigenvalue weighted by atomic mass is 19.1. The average Bonchev–Trinajstić information content (AvgIpc) is 2.50. The number of amides is 1. The van der Waals surface area contributed by atoms with Crippen LogP contribution < -0.4 is 5.32 Å². The SMILES string of the molecule is O=C(Nc1ccc(F)cc1)c1ccc2cccc(O)c2n1. The maximum atomic E-state index is 12.8. The third kappa shape index (κ3) is 2.67. The van der Waals surface area contributed by atoms with Gasteiger partial charge in [-0.3, -0.25) is 4.79 Å². The van der Waals surface area contributed by atoms with E-state index in [1.165, 1.54) is 30.3 Å². The number of nitrogens with zero attached hydrogens (tertiary/aromatic N) is 1. The Morgan fingerprint density at radius 1 is 1.05 bits per heavy atom. The van der Waals surface area contributed by atoms with Crippen LogP contribution in [0.2, 0.25) is 0 Å². The molecule has 0 radical (unpaired) electrons. The lowest BCUT2D eigenvalue weighted by molar-refractivity contribution is 0.102. The van der Waals surface area contributed by atoms with Gasteiger partial charge < -0.3 is 10.4 Å². The highest BCUT2D eigenvalue weighted by molar-refractivity contribution is 6.04. The van der Waals surface area contributed by atoms with Gasteiger partial charge in [0, 0.05) is 11.1 Å². The number of pyridine rings is 1. The van der Waals surface area contributed by atoms with Gasteiger partial charge in [-0.25, -0.2) is 9.37 Å². The van der Waals surface area contributed by atoms with Gasteiger partial charge in [0.1, 0.15) is 22.8 Å². The zero-order chi connectivity index (χ0) is 14.8. The van der Waals surface area contributed by atoms with E-state index in [4.69, 9.17) is 0 Å². The van der Waals surface area contributed by atoms with Crippen molar-refractivity contribution in [3.8, 4) is 5.75 Å². The van der Waals surface area contributed by atoms with Gasteiger partial charge in [-0.05, 0) is 36.4 Å². The van der Waals surface area contributed by atoms with Crippen LogP contribution >= 0.6 is 0 Å². The zero-order valence-corrected chi connectivity index (χ0v) is 10.9. The minimum Gasteiger partial charge on any atom is -0.506 e. The number of para-hydroxylation sites is 1. The summed E-state index contributed by atoms with van der Waals surface area (Å²) < 4.78 is 12.8. The van der Waals surface area contributed by atoms with Gasteiger partial charge in [0.2, 0.25) is 0 Å². The van der Waals surface area contributed by atoms with E-state index in [0.717, 1.165) is 5.39 Å². The van der Waals surface area contributed by atoms with E-state index in [9.17, 15) is 14.3 Å². The van der Waals surface area contributed by atoms with Crippen LogP contribution in [-0.2, 0) is 0 Å². The van der Waals surface area contributed by atoms with Crippen molar-refractivity contribution in [2.45, 2.75) is 0 Å². The molecule has 0 aliphatic heterocycles. The number of nitrogens with one attached hydrogen (secondary N) is 1. The Morgan fingerprint density at radius 3 is 2.57 bits per heavy atom. The molecule has 5 heteroatoms. The summed E-state index contributed by atoms with van der Waals surface area (Å²) in [7, 11) is 0. The molecule has 1 amide bonds. The largest absolute Gasteiger partial charge is 0.506 e. The molecule has 3 aromatic rings. The summed E-state index contributed by atoms with van der Waals surface area (Å²) in [6.07, 6.45) is 0. The zero-order valence-electron chi connectivity index (χ0n) is 10.9. The predicted molar refractivity (Wildman–Crippen MR) is 77.8 cm³/mol. The first kappa shape index (κ1) is 13.1. The van der Waals surface area contributed by atoms with E-state index in [2.05, 4.69) is 10.3 Å². The second-order valence-electron chi connectivity index (χ2n) is 4.51. The fourth-order valence-electron chi connectivity index (χ4n) is 1.99. The van der Waals surface area contributed by atoms with Crippen LogP contribution in [0.15, 0.2) is 54.6 Å². The fraction of sp³-hybridized carbons (Fsp3) is 0. The number of fused-ring (bicyclic) bond motifs is 1. The van der Waals surface area contributed by atoms with Gasteiger partial charge in [-0.1, -0.05) is 18.2 Å². The van der Waals surface area contributed by atoms with Crippen molar-refractivity contribution in [1.29, 1.82) is 0 Å². The minimum absolute atomic E-state index is 0.0175. The predicted octanol–water partition coefficient (Wildman–Crippen LogP) is 3.33. The molecule has 0 atom stereocenters. The first-order valence-corrected chi connectivity index (χ1v) is 6.29. The molecular formula is C16H11FN2O2. The molecule has 0 saturated carbocycles. The Balaban J connectivity index is 1.91. The normalized spacial score (nSPS) is 10.5. The van der Waals surface area contributed by atoms with Crippen LogP contribution in [0, 0.1) is 5.82 Å². The van der Waals surface area contributed by atoms with Crippen LogP contribution in [0.4, 0.5) is 10.1 Å². The number of rotatable bonds is 2. The summed E-state index contributed by atoms with van der Waals surface area (Å²) in [5, 5.41) is 13.1. The van der Waals surface area contributed by atoms with Crippen molar-refractivity contribution in [3.63, 3.8) is 0 Å². The molecule has 0 aliphatic rings. The van der Waals surface area contributed by atoms with Crippen molar-refractivity contribution >= 4 is 22.5 Å². The Morgan fingerprint density at radius 2 is 1.81 bits per heavy atom. The molecule has 1 heterocycles. The maximum absolute atomic E-state index is 12.8. The van der Waals surface area contributed by atoms with E-state index in [1.54, 1.807) is 24.3 Å². The second kappa shape index (κ2) is 5.20. The number of phenols is 1. The molecule has 21 heavy (non-hydrogen) atoms. The number of hydrogen-bond acceptors (Lipinski definition) is 3. The number of carbonyl (C=O) groups excluding carboxylic acids is 1. The van der Waals surface area contributed by atoms with Crippen molar-refractivity contribution in [2.75, 3.05) is 5.32 Å². The van der Waals surface area contributed by atoms with E-state index in [1.807, 2.05) is 0 Å². The first-order chi connectivity index (χ1) is 10.1.